The highest BCUT2D eigenvalue weighted by molar-refractivity contribution is 5.69. The van der Waals surface area contributed by atoms with E-state index in [4.69, 9.17) is 0 Å². The Labute approximate surface area is 131 Å². The van der Waals surface area contributed by atoms with Gasteiger partial charge in [-0.25, -0.2) is 0 Å². The van der Waals surface area contributed by atoms with Crippen LogP contribution in [0.2, 0.25) is 0 Å². The highest BCUT2D eigenvalue weighted by Crippen LogP contribution is 2.27. The number of hydrogen-bond donors (Lipinski definition) is 1. The number of nitrogens with zero attached hydrogens (tertiary/aromatic N) is 2. The second-order valence-electron chi connectivity index (χ2n) is 5.99. The summed E-state index contributed by atoms with van der Waals surface area (Å²) in [7, 11) is 0. The van der Waals surface area contributed by atoms with Gasteiger partial charge in [0.1, 0.15) is 0 Å². The number of anilines is 1. The summed E-state index contributed by atoms with van der Waals surface area (Å²) in [6.45, 7) is 3.19. The van der Waals surface area contributed by atoms with Crippen LogP contribution in [0.25, 0.3) is 11.1 Å². The lowest BCUT2D eigenvalue weighted by Gasteiger charge is -2.26. The summed E-state index contributed by atoms with van der Waals surface area (Å²) in [6.07, 6.45) is 5.66. The van der Waals surface area contributed by atoms with Crippen LogP contribution in [0.15, 0.2) is 67.0 Å². The molecular weight excluding hydrogens is 270 g/mol. The smallest absolute Gasteiger partial charge is 0.0945 e. The van der Waals surface area contributed by atoms with Gasteiger partial charge in [-0.3, -0.25) is 0 Å². The topological polar surface area (TPSA) is 18.5 Å². The third kappa shape index (κ3) is 2.60. The van der Waals surface area contributed by atoms with E-state index >= 15 is 0 Å². The van der Waals surface area contributed by atoms with Gasteiger partial charge in [0.2, 0.25) is 0 Å². The molecule has 1 atom stereocenters. The van der Waals surface area contributed by atoms with E-state index in [0.717, 1.165) is 19.8 Å². The van der Waals surface area contributed by atoms with Crippen LogP contribution in [0.4, 0.5) is 5.69 Å². The average molecular weight is 291 g/mol. The third-order valence-corrected chi connectivity index (χ3v) is 4.54. The Bertz CT molecular complexity index is 659. The Kier molecular flexibility index (Phi) is 3.57. The zero-order valence-corrected chi connectivity index (χ0v) is 12.7. The monoisotopic (exact) mass is 291 g/mol. The van der Waals surface area contributed by atoms with Crippen molar-refractivity contribution in [3.8, 4) is 11.1 Å². The van der Waals surface area contributed by atoms with Gasteiger partial charge in [-0.1, -0.05) is 42.5 Å². The quantitative estimate of drug-likeness (QED) is 0.936. The molecule has 2 heterocycles. The van der Waals surface area contributed by atoms with Crippen LogP contribution in [0, 0.1) is 0 Å². The molecule has 0 amide bonds. The fraction of sp³-hybridized carbons (Fsp3) is 0.263. The van der Waals surface area contributed by atoms with Gasteiger partial charge in [0.15, 0.2) is 0 Å². The van der Waals surface area contributed by atoms with E-state index in [-0.39, 0.29) is 0 Å². The Hall–Kier alpha value is -2.26. The number of hydrogen-bond acceptors (Lipinski definition) is 3. The normalized spacial score (nSPS) is 20.8. The van der Waals surface area contributed by atoms with Crippen molar-refractivity contribution in [3.63, 3.8) is 0 Å². The predicted molar refractivity (Wildman–Crippen MR) is 91.5 cm³/mol. The van der Waals surface area contributed by atoms with E-state index in [2.05, 4.69) is 82.1 Å². The van der Waals surface area contributed by atoms with Crippen LogP contribution in [0.5, 0.6) is 0 Å². The second kappa shape index (κ2) is 5.85. The minimum Gasteiger partial charge on any atom is -0.354 e. The first-order chi connectivity index (χ1) is 10.9. The van der Waals surface area contributed by atoms with Gasteiger partial charge in [0.05, 0.1) is 6.67 Å². The number of nitrogens with one attached hydrogen (secondary N) is 1. The summed E-state index contributed by atoms with van der Waals surface area (Å²) in [5, 5.41) is 3.44. The number of rotatable bonds is 3. The Morgan fingerprint density at radius 1 is 0.909 bits per heavy atom. The molecule has 0 spiro atoms. The summed E-state index contributed by atoms with van der Waals surface area (Å²) in [6, 6.07) is 20.0. The molecule has 2 aliphatic rings. The summed E-state index contributed by atoms with van der Waals surface area (Å²) in [5.41, 5.74) is 3.79. The molecule has 0 radical (unpaired) electrons. The zero-order valence-electron chi connectivity index (χ0n) is 12.7. The summed E-state index contributed by atoms with van der Waals surface area (Å²) in [4.78, 5) is 4.76. The Morgan fingerprint density at radius 2 is 1.77 bits per heavy atom. The molecule has 2 aromatic carbocycles. The molecule has 22 heavy (non-hydrogen) atoms. The molecule has 2 aliphatic heterocycles. The van der Waals surface area contributed by atoms with Crippen LogP contribution in [0.3, 0.4) is 0 Å². The average Bonchev–Trinajstić information content (AvgIpc) is 3.27. The maximum absolute atomic E-state index is 3.44. The minimum absolute atomic E-state index is 0.638. The fourth-order valence-electron chi connectivity index (χ4n) is 3.26. The van der Waals surface area contributed by atoms with Gasteiger partial charge >= 0.3 is 0 Å². The standard InChI is InChI=1S/C19H21N3/c1-2-5-16(6-3-1)17-7-4-8-18(13-17)21-11-12-22(15-21)19-9-10-20-14-19/h1-8,11-13,19-20H,9-10,14-15H2/t19-/m0/s1. The van der Waals surface area contributed by atoms with E-state index < -0.39 is 0 Å². The second-order valence-corrected chi connectivity index (χ2v) is 5.99. The van der Waals surface area contributed by atoms with Gasteiger partial charge < -0.3 is 15.1 Å². The fourth-order valence-corrected chi connectivity index (χ4v) is 3.26. The summed E-state index contributed by atoms with van der Waals surface area (Å²) in [5.74, 6) is 0. The first kappa shape index (κ1) is 13.4. The molecule has 0 saturated carbocycles. The van der Waals surface area contributed by atoms with Crippen LogP contribution >= 0.6 is 0 Å². The maximum Gasteiger partial charge on any atom is 0.0945 e. The van der Waals surface area contributed by atoms with E-state index in [9.17, 15) is 0 Å². The Morgan fingerprint density at radius 3 is 2.59 bits per heavy atom. The summed E-state index contributed by atoms with van der Waals surface area (Å²) >= 11 is 0. The first-order valence-corrected chi connectivity index (χ1v) is 7.97. The lowest BCUT2D eigenvalue weighted by Crippen LogP contribution is -2.35. The van der Waals surface area contributed by atoms with Crippen LogP contribution < -0.4 is 10.2 Å². The SMILES string of the molecule is C1=CN([C@H]2CCNC2)CN1c1cccc(-c2ccccc2)c1. The molecule has 2 aromatic rings. The maximum atomic E-state index is 3.44. The van der Waals surface area contributed by atoms with Crippen molar-refractivity contribution < 1.29 is 0 Å². The molecule has 3 heteroatoms. The highest BCUT2D eigenvalue weighted by atomic mass is 15.4. The van der Waals surface area contributed by atoms with Crippen molar-refractivity contribution in [2.45, 2.75) is 12.5 Å². The van der Waals surface area contributed by atoms with Gasteiger partial charge in [-0.05, 0) is 36.2 Å². The molecule has 0 unspecified atom stereocenters. The molecule has 0 bridgehead atoms. The van der Waals surface area contributed by atoms with Crippen molar-refractivity contribution in [2.24, 2.45) is 0 Å². The van der Waals surface area contributed by atoms with Crippen molar-refractivity contribution in [1.29, 1.82) is 0 Å². The van der Waals surface area contributed by atoms with Crippen molar-refractivity contribution in [3.05, 3.63) is 67.0 Å². The lowest BCUT2D eigenvalue weighted by molar-refractivity contribution is 0.315. The minimum atomic E-state index is 0.638. The van der Waals surface area contributed by atoms with Crippen LogP contribution in [-0.2, 0) is 0 Å². The van der Waals surface area contributed by atoms with Crippen molar-refractivity contribution in [2.75, 3.05) is 24.7 Å². The molecule has 0 aliphatic carbocycles. The molecule has 1 saturated heterocycles. The third-order valence-electron chi connectivity index (χ3n) is 4.54. The molecular formula is C19H21N3. The van der Waals surface area contributed by atoms with Gasteiger partial charge in [0, 0.05) is 30.7 Å². The lowest BCUT2D eigenvalue weighted by atomic mass is 10.1. The van der Waals surface area contributed by atoms with E-state index in [0.29, 0.717) is 6.04 Å². The zero-order chi connectivity index (χ0) is 14.8. The van der Waals surface area contributed by atoms with E-state index in [1.165, 1.54) is 23.2 Å². The molecule has 0 aromatic heterocycles. The molecule has 1 fully saturated rings. The largest absolute Gasteiger partial charge is 0.354 e. The number of benzene rings is 2. The van der Waals surface area contributed by atoms with E-state index in [1.54, 1.807) is 0 Å². The van der Waals surface area contributed by atoms with Crippen LogP contribution in [0.1, 0.15) is 6.42 Å². The first-order valence-electron chi connectivity index (χ1n) is 7.97. The van der Waals surface area contributed by atoms with E-state index in [1.807, 2.05) is 0 Å². The molecule has 1 N–H and O–H groups in total. The van der Waals surface area contributed by atoms with Gasteiger partial charge in [0.25, 0.3) is 0 Å². The predicted octanol–water partition coefficient (Wildman–Crippen LogP) is 3.27. The summed E-state index contributed by atoms with van der Waals surface area (Å²) < 4.78 is 0. The molecule has 112 valence electrons. The van der Waals surface area contributed by atoms with Gasteiger partial charge in [-0.15, -0.1) is 0 Å². The van der Waals surface area contributed by atoms with Crippen LogP contribution in [-0.4, -0.2) is 30.7 Å². The Balaban J connectivity index is 1.53. The molecule has 4 rings (SSSR count). The van der Waals surface area contributed by atoms with Crippen molar-refractivity contribution in [1.82, 2.24) is 10.2 Å². The highest BCUT2D eigenvalue weighted by Gasteiger charge is 2.24. The van der Waals surface area contributed by atoms with Gasteiger partial charge in [-0.2, -0.15) is 0 Å². The van der Waals surface area contributed by atoms with Crippen molar-refractivity contribution >= 4 is 5.69 Å². The molecule has 3 nitrogen and oxygen atoms in total.